The average molecular weight is 210 g/mol. The molecule has 0 aromatic carbocycles. The molecule has 2 heterocycles. The number of nitrogens with one attached hydrogen (secondary N) is 1. The molecule has 84 valence electrons. The Balaban J connectivity index is 2.19. The van der Waals surface area contributed by atoms with Gasteiger partial charge >= 0.3 is 0 Å². The van der Waals surface area contributed by atoms with Crippen molar-refractivity contribution in [1.82, 2.24) is 5.32 Å². The highest BCUT2D eigenvalue weighted by Gasteiger charge is 2.52. The van der Waals surface area contributed by atoms with Crippen LogP contribution >= 0.6 is 0 Å². The van der Waals surface area contributed by atoms with Crippen LogP contribution in [0.5, 0.6) is 0 Å². The fourth-order valence-corrected chi connectivity index (χ4v) is 2.67. The fraction of sp³-hybridized carbons (Fsp3) is 0.909. The molecule has 2 fully saturated rings. The Bertz CT molecular complexity index is 260. The van der Waals surface area contributed by atoms with Gasteiger partial charge in [-0.3, -0.25) is 0 Å². The molecule has 2 aliphatic rings. The minimum atomic E-state index is -0.854. The molecule has 0 bridgehead atoms. The van der Waals surface area contributed by atoms with Gasteiger partial charge in [0.15, 0.2) is 0 Å². The molecular weight excluding hydrogens is 192 g/mol. The van der Waals surface area contributed by atoms with Crippen LogP contribution in [0.15, 0.2) is 0 Å². The summed E-state index contributed by atoms with van der Waals surface area (Å²) in [7, 11) is 0. The fourth-order valence-electron chi connectivity index (χ4n) is 2.67. The number of aliphatic hydroxyl groups is 1. The van der Waals surface area contributed by atoms with Crippen LogP contribution < -0.4 is 5.32 Å². The Morgan fingerprint density at radius 3 is 2.53 bits per heavy atom. The van der Waals surface area contributed by atoms with Crippen molar-refractivity contribution in [1.29, 1.82) is 5.26 Å². The van der Waals surface area contributed by atoms with Crippen LogP contribution in [0.25, 0.3) is 0 Å². The van der Waals surface area contributed by atoms with Gasteiger partial charge in [-0.05, 0) is 38.8 Å². The summed E-state index contributed by atoms with van der Waals surface area (Å²) in [5, 5.41) is 23.2. The molecule has 0 aliphatic carbocycles. The Morgan fingerprint density at radius 2 is 2.00 bits per heavy atom. The van der Waals surface area contributed by atoms with E-state index in [9.17, 15) is 10.4 Å². The molecular formula is C11H18N2O2. The smallest absolute Gasteiger partial charge is 0.109 e. The first-order valence-electron chi connectivity index (χ1n) is 5.65. The van der Waals surface area contributed by atoms with Gasteiger partial charge in [-0.1, -0.05) is 0 Å². The summed E-state index contributed by atoms with van der Waals surface area (Å²) >= 11 is 0. The van der Waals surface area contributed by atoms with Gasteiger partial charge < -0.3 is 15.2 Å². The molecule has 15 heavy (non-hydrogen) atoms. The van der Waals surface area contributed by atoms with Gasteiger partial charge in [0.1, 0.15) is 5.41 Å². The highest BCUT2D eigenvalue weighted by Crippen LogP contribution is 2.43. The average Bonchev–Trinajstić information content (AvgIpc) is 2.31. The third-order valence-electron chi connectivity index (χ3n) is 3.78. The Hall–Kier alpha value is -0.630. The Labute approximate surface area is 90.2 Å². The number of hydrogen-bond acceptors (Lipinski definition) is 4. The first kappa shape index (κ1) is 10.9. The molecule has 2 saturated heterocycles. The zero-order valence-corrected chi connectivity index (χ0v) is 8.96. The lowest BCUT2D eigenvalue weighted by molar-refractivity contribution is -0.131. The lowest BCUT2D eigenvalue weighted by Gasteiger charge is -2.46. The van der Waals surface area contributed by atoms with E-state index in [1.807, 2.05) is 0 Å². The minimum absolute atomic E-state index is 0.389. The van der Waals surface area contributed by atoms with Crippen molar-refractivity contribution in [3.8, 4) is 6.07 Å². The van der Waals surface area contributed by atoms with Gasteiger partial charge in [0.25, 0.3) is 0 Å². The second-order valence-electron chi connectivity index (χ2n) is 4.63. The number of ether oxygens (including phenoxy) is 1. The SMILES string of the molecule is N#CC1(C2(O)CCNCC2)CCCOC1. The van der Waals surface area contributed by atoms with Crippen molar-refractivity contribution in [2.45, 2.75) is 31.3 Å². The Kier molecular flexibility index (Phi) is 2.96. The summed E-state index contributed by atoms with van der Waals surface area (Å²) in [6, 6.07) is 2.32. The first-order chi connectivity index (χ1) is 7.22. The topological polar surface area (TPSA) is 65.3 Å². The van der Waals surface area contributed by atoms with Crippen molar-refractivity contribution in [2.75, 3.05) is 26.3 Å². The van der Waals surface area contributed by atoms with Gasteiger partial charge in [0, 0.05) is 6.61 Å². The molecule has 0 aromatic rings. The summed E-state index contributed by atoms with van der Waals surface area (Å²) in [6.45, 7) is 2.69. The number of rotatable bonds is 1. The lowest BCUT2D eigenvalue weighted by atomic mass is 9.65. The van der Waals surface area contributed by atoms with Crippen LogP contribution in [-0.2, 0) is 4.74 Å². The molecule has 0 amide bonds. The molecule has 0 spiro atoms. The van der Waals surface area contributed by atoms with Crippen molar-refractivity contribution in [3.63, 3.8) is 0 Å². The van der Waals surface area contributed by atoms with Crippen LogP contribution in [0, 0.1) is 16.7 Å². The molecule has 2 rings (SSSR count). The van der Waals surface area contributed by atoms with Gasteiger partial charge in [-0.2, -0.15) is 5.26 Å². The van der Waals surface area contributed by atoms with E-state index in [-0.39, 0.29) is 0 Å². The predicted molar refractivity (Wildman–Crippen MR) is 55.2 cm³/mol. The standard InChI is InChI=1S/C11H18N2O2/c12-8-10(2-1-7-15-9-10)11(14)3-5-13-6-4-11/h13-14H,1-7,9H2. The van der Waals surface area contributed by atoms with Crippen LogP contribution in [0.4, 0.5) is 0 Å². The Morgan fingerprint density at radius 1 is 1.27 bits per heavy atom. The van der Waals surface area contributed by atoms with E-state index in [2.05, 4.69) is 11.4 Å². The van der Waals surface area contributed by atoms with Crippen LogP contribution in [0.2, 0.25) is 0 Å². The summed E-state index contributed by atoms with van der Waals surface area (Å²) in [5.41, 5.74) is -1.53. The van der Waals surface area contributed by atoms with Crippen molar-refractivity contribution < 1.29 is 9.84 Å². The highest BCUT2D eigenvalue weighted by atomic mass is 16.5. The van der Waals surface area contributed by atoms with Gasteiger partial charge in [-0.15, -0.1) is 0 Å². The van der Waals surface area contributed by atoms with E-state index in [4.69, 9.17) is 4.74 Å². The van der Waals surface area contributed by atoms with Crippen LogP contribution in [0.3, 0.4) is 0 Å². The molecule has 0 aromatic heterocycles. The molecule has 4 nitrogen and oxygen atoms in total. The lowest BCUT2D eigenvalue weighted by Crippen LogP contribution is -2.56. The highest BCUT2D eigenvalue weighted by molar-refractivity contribution is 5.13. The maximum Gasteiger partial charge on any atom is 0.109 e. The summed E-state index contributed by atoms with van der Waals surface area (Å²) in [4.78, 5) is 0. The monoisotopic (exact) mass is 210 g/mol. The molecule has 2 aliphatic heterocycles. The van der Waals surface area contributed by atoms with E-state index >= 15 is 0 Å². The third-order valence-corrected chi connectivity index (χ3v) is 3.78. The van der Waals surface area contributed by atoms with Gasteiger partial charge in [-0.25, -0.2) is 0 Å². The number of piperidine rings is 1. The van der Waals surface area contributed by atoms with E-state index in [1.54, 1.807) is 0 Å². The van der Waals surface area contributed by atoms with Crippen LogP contribution in [-0.4, -0.2) is 37.0 Å². The molecule has 4 heteroatoms. The number of nitriles is 1. The summed E-state index contributed by atoms with van der Waals surface area (Å²) in [5.74, 6) is 0. The number of nitrogens with zero attached hydrogens (tertiary/aromatic N) is 1. The summed E-state index contributed by atoms with van der Waals surface area (Å²) in [6.07, 6.45) is 2.96. The van der Waals surface area contributed by atoms with Gasteiger partial charge in [0.2, 0.25) is 0 Å². The second kappa shape index (κ2) is 4.09. The maximum atomic E-state index is 10.6. The quantitative estimate of drug-likeness (QED) is 0.658. The zero-order valence-electron chi connectivity index (χ0n) is 8.96. The van der Waals surface area contributed by atoms with Crippen molar-refractivity contribution in [2.24, 2.45) is 5.41 Å². The molecule has 1 unspecified atom stereocenters. The zero-order chi connectivity index (χ0) is 10.8. The van der Waals surface area contributed by atoms with E-state index < -0.39 is 11.0 Å². The molecule has 0 radical (unpaired) electrons. The normalized spacial score (nSPS) is 35.7. The second-order valence-corrected chi connectivity index (χ2v) is 4.63. The van der Waals surface area contributed by atoms with Gasteiger partial charge in [0.05, 0.1) is 18.3 Å². The minimum Gasteiger partial charge on any atom is -0.388 e. The maximum absolute atomic E-state index is 10.6. The first-order valence-corrected chi connectivity index (χ1v) is 5.65. The molecule has 1 atom stereocenters. The van der Waals surface area contributed by atoms with Crippen molar-refractivity contribution >= 4 is 0 Å². The molecule has 0 saturated carbocycles. The third kappa shape index (κ3) is 1.76. The van der Waals surface area contributed by atoms with E-state index in [1.165, 1.54) is 0 Å². The van der Waals surface area contributed by atoms with Crippen LogP contribution in [0.1, 0.15) is 25.7 Å². The number of hydrogen-bond donors (Lipinski definition) is 2. The van der Waals surface area contributed by atoms with E-state index in [0.29, 0.717) is 19.4 Å². The largest absolute Gasteiger partial charge is 0.388 e. The predicted octanol–water partition coefficient (Wildman–Crippen LogP) is 0.421. The summed E-state index contributed by atoms with van der Waals surface area (Å²) < 4.78 is 5.39. The van der Waals surface area contributed by atoms with E-state index in [0.717, 1.165) is 32.5 Å². The molecule has 2 N–H and O–H groups in total. The van der Waals surface area contributed by atoms with Crippen molar-refractivity contribution in [3.05, 3.63) is 0 Å².